The fourth-order valence-corrected chi connectivity index (χ4v) is 3.21. The van der Waals surface area contributed by atoms with Gasteiger partial charge in [-0.15, -0.1) is 0 Å². The highest BCUT2D eigenvalue weighted by atomic mass is 32.2. The molecule has 0 saturated heterocycles. The summed E-state index contributed by atoms with van der Waals surface area (Å²) in [7, 11) is -4.27. The van der Waals surface area contributed by atoms with Crippen molar-refractivity contribution in [2.45, 2.75) is 31.2 Å². The second-order valence-corrected chi connectivity index (χ2v) is 6.90. The molecule has 0 heterocycles. The predicted octanol–water partition coefficient (Wildman–Crippen LogP) is 1.39. The number of nitrogens with one attached hydrogen (secondary N) is 1. The van der Waals surface area contributed by atoms with Crippen molar-refractivity contribution in [3.8, 4) is 0 Å². The average Bonchev–Trinajstić information content (AvgIpc) is 2.37. The topological polar surface area (TPSA) is 115 Å². The molecular weight excluding hydrogens is 301 g/mol. The maximum Gasteiger partial charge on any atom is 0.270 e. The molecule has 0 aliphatic heterocycles. The first-order chi connectivity index (χ1) is 9.53. The maximum absolute atomic E-state index is 13.7. The average molecular weight is 319 g/mol. The van der Waals surface area contributed by atoms with Gasteiger partial charge in [0.2, 0.25) is 10.0 Å². The quantitative estimate of drug-likeness (QED) is 0.607. The summed E-state index contributed by atoms with van der Waals surface area (Å²) in [6, 6.07) is 2.34. The minimum atomic E-state index is -4.27. The molecule has 0 radical (unpaired) electrons. The van der Waals surface area contributed by atoms with Gasteiger partial charge in [0, 0.05) is 24.2 Å². The number of nitrogens with two attached hydrogens (primary N) is 1. The molecule has 118 valence electrons. The van der Waals surface area contributed by atoms with E-state index in [1.54, 1.807) is 20.8 Å². The number of benzene rings is 1. The number of nitrogens with zero attached hydrogens (tertiary/aromatic N) is 1. The van der Waals surface area contributed by atoms with E-state index in [2.05, 4.69) is 4.72 Å². The first-order valence-corrected chi connectivity index (χ1v) is 7.70. The first kappa shape index (κ1) is 17.5. The number of nitro benzene ring substituents is 1. The van der Waals surface area contributed by atoms with Crippen LogP contribution in [0.4, 0.5) is 10.1 Å². The molecule has 0 aromatic heterocycles. The maximum atomic E-state index is 13.7. The first-order valence-electron chi connectivity index (χ1n) is 6.21. The van der Waals surface area contributed by atoms with Gasteiger partial charge in [-0.2, -0.15) is 0 Å². The van der Waals surface area contributed by atoms with Crippen molar-refractivity contribution in [1.29, 1.82) is 0 Å². The van der Waals surface area contributed by atoms with Crippen LogP contribution in [-0.2, 0) is 10.0 Å². The lowest BCUT2D eigenvalue weighted by molar-refractivity contribution is -0.385. The molecule has 0 aliphatic carbocycles. The molecule has 9 heteroatoms. The van der Waals surface area contributed by atoms with Gasteiger partial charge in [0.25, 0.3) is 5.69 Å². The van der Waals surface area contributed by atoms with Crippen molar-refractivity contribution in [3.05, 3.63) is 34.1 Å². The van der Waals surface area contributed by atoms with Crippen LogP contribution in [0.5, 0.6) is 0 Å². The van der Waals surface area contributed by atoms with Crippen LogP contribution in [0.15, 0.2) is 23.1 Å². The van der Waals surface area contributed by atoms with E-state index in [0.29, 0.717) is 6.07 Å². The molecule has 3 N–H and O–H groups in total. The summed E-state index contributed by atoms with van der Waals surface area (Å²) in [6.45, 7) is 5.11. The zero-order chi connectivity index (χ0) is 16.4. The fraction of sp³-hybridized carbons (Fsp3) is 0.500. The normalized spacial score (nSPS) is 15.0. The van der Waals surface area contributed by atoms with E-state index in [0.717, 1.165) is 12.1 Å². The molecule has 0 aliphatic rings. The second kappa shape index (κ2) is 6.04. The van der Waals surface area contributed by atoms with Crippen LogP contribution < -0.4 is 10.5 Å². The summed E-state index contributed by atoms with van der Waals surface area (Å²) in [6.07, 6.45) is 0. The van der Waals surface area contributed by atoms with E-state index in [1.165, 1.54) is 0 Å². The molecule has 1 aromatic rings. The standard InChI is InChI=1S/C12H18FN3O4S/c1-8(2)12(3,7-14)15-21(19,20)11-6-9(16(17)18)4-5-10(11)13/h4-6,8,15H,7,14H2,1-3H3. The van der Waals surface area contributed by atoms with E-state index in [-0.39, 0.29) is 12.5 Å². The van der Waals surface area contributed by atoms with Crippen LogP contribution in [0.3, 0.4) is 0 Å². The van der Waals surface area contributed by atoms with Gasteiger partial charge >= 0.3 is 0 Å². The number of nitro groups is 1. The summed E-state index contributed by atoms with van der Waals surface area (Å²) in [5.41, 5.74) is 4.09. The molecule has 0 saturated carbocycles. The summed E-state index contributed by atoms with van der Waals surface area (Å²) in [5, 5.41) is 10.7. The smallest absolute Gasteiger partial charge is 0.270 e. The Morgan fingerprint density at radius 1 is 1.48 bits per heavy atom. The highest BCUT2D eigenvalue weighted by Gasteiger charge is 2.34. The van der Waals surface area contributed by atoms with E-state index in [4.69, 9.17) is 5.73 Å². The van der Waals surface area contributed by atoms with Gasteiger partial charge in [-0.25, -0.2) is 17.5 Å². The SMILES string of the molecule is CC(C)C(C)(CN)NS(=O)(=O)c1cc([N+](=O)[O-])ccc1F. The lowest BCUT2D eigenvalue weighted by Crippen LogP contribution is -2.54. The van der Waals surface area contributed by atoms with Gasteiger partial charge in [-0.1, -0.05) is 13.8 Å². The molecular formula is C12H18FN3O4S. The Hall–Kier alpha value is -1.58. The third-order valence-electron chi connectivity index (χ3n) is 3.48. The molecule has 1 unspecified atom stereocenters. The Morgan fingerprint density at radius 3 is 2.48 bits per heavy atom. The molecule has 0 amide bonds. The van der Waals surface area contributed by atoms with Crippen LogP contribution in [0.1, 0.15) is 20.8 Å². The highest BCUT2D eigenvalue weighted by molar-refractivity contribution is 7.89. The molecule has 0 bridgehead atoms. The Morgan fingerprint density at radius 2 is 2.05 bits per heavy atom. The van der Waals surface area contributed by atoms with Gasteiger partial charge in [0.05, 0.1) is 4.92 Å². The van der Waals surface area contributed by atoms with Gasteiger partial charge in [-0.05, 0) is 18.9 Å². The molecule has 1 aromatic carbocycles. The minimum absolute atomic E-state index is 0.000439. The summed E-state index contributed by atoms with van der Waals surface area (Å²) >= 11 is 0. The summed E-state index contributed by atoms with van der Waals surface area (Å²) in [5.74, 6) is -1.21. The van der Waals surface area contributed by atoms with E-state index >= 15 is 0 Å². The molecule has 0 spiro atoms. The number of hydrogen-bond acceptors (Lipinski definition) is 5. The summed E-state index contributed by atoms with van der Waals surface area (Å²) < 4.78 is 40.6. The Bertz CT molecular complexity index is 648. The van der Waals surface area contributed by atoms with Crippen molar-refractivity contribution in [1.82, 2.24) is 4.72 Å². The fourth-order valence-electron chi connectivity index (χ4n) is 1.57. The van der Waals surface area contributed by atoms with E-state index in [9.17, 15) is 22.9 Å². The van der Waals surface area contributed by atoms with Crippen molar-refractivity contribution >= 4 is 15.7 Å². The largest absolute Gasteiger partial charge is 0.329 e. The molecule has 7 nitrogen and oxygen atoms in total. The molecule has 1 atom stereocenters. The van der Waals surface area contributed by atoms with Crippen molar-refractivity contribution in [3.63, 3.8) is 0 Å². The summed E-state index contributed by atoms with van der Waals surface area (Å²) in [4.78, 5) is 9.13. The van der Waals surface area contributed by atoms with Crippen LogP contribution in [0.25, 0.3) is 0 Å². The number of halogens is 1. The molecule has 0 fully saturated rings. The molecule has 21 heavy (non-hydrogen) atoms. The number of rotatable bonds is 6. The number of hydrogen-bond donors (Lipinski definition) is 2. The third kappa shape index (κ3) is 3.74. The van der Waals surface area contributed by atoms with Crippen LogP contribution >= 0.6 is 0 Å². The van der Waals surface area contributed by atoms with E-state index in [1.807, 2.05) is 0 Å². The third-order valence-corrected chi connectivity index (χ3v) is 5.11. The lowest BCUT2D eigenvalue weighted by atomic mass is 9.90. The minimum Gasteiger partial charge on any atom is -0.329 e. The van der Waals surface area contributed by atoms with Gasteiger partial charge in [-0.3, -0.25) is 10.1 Å². The van der Waals surface area contributed by atoms with Crippen molar-refractivity contribution in [2.75, 3.05) is 6.54 Å². The van der Waals surface area contributed by atoms with Crippen LogP contribution in [-0.4, -0.2) is 25.4 Å². The number of sulfonamides is 1. The van der Waals surface area contributed by atoms with Crippen molar-refractivity contribution < 1.29 is 17.7 Å². The Balaban J connectivity index is 3.31. The van der Waals surface area contributed by atoms with Crippen LogP contribution in [0, 0.1) is 21.8 Å². The predicted molar refractivity (Wildman–Crippen MR) is 75.7 cm³/mol. The monoisotopic (exact) mass is 319 g/mol. The second-order valence-electron chi connectivity index (χ2n) is 5.25. The lowest BCUT2D eigenvalue weighted by Gasteiger charge is -2.33. The highest BCUT2D eigenvalue weighted by Crippen LogP contribution is 2.24. The van der Waals surface area contributed by atoms with Crippen molar-refractivity contribution in [2.24, 2.45) is 11.7 Å². The zero-order valence-corrected chi connectivity index (χ0v) is 12.8. The molecule has 1 rings (SSSR count). The van der Waals surface area contributed by atoms with E-state index < -0.39 is 36.9 Å². The Labute approximate surface area is 122 Å². The Kier molecular flexibility index (Phi) is 5.03. The van der Waals surface area contributed by atoms with Gasteiger partial charge < -0.3 is 5.73 Å². The number of non-ortho nitro benzene ring substituents is 1. The van der Waals surface area contributed by atoms with Gasteiger partial charge in [0.1, 0.15) is 10.7 Å². The van der Waals surface area contributed by atoms with Gasteiger partial charge in [0.15, 0.2) is 0 Å². The van der Waals surface area contributed by atoms with Crippen LogP contribution in [0.2, 0.25) is 0 Å². The zero-order valence-electron chi connectivity index (χ0n) is 12.0.